The van der Waals surface area contributed by atoms with Crippen LogP contribution >= 0.6 is 0 Å². The van der Waals surface area contributed by atoms with Gasteiger partial charge in [0.05, 0.1) is 0 Å². The smallest absolute Gasteiger partial charge is 0.139 e. The van der Waals surface area contributed by atoms with Gasteiger partial charge in [-0.1, -0.05) is 0 Å². The molecule has 0 aliphatic carbocycles. The van der Waals surface area contributed by atoms with Gasteiger partial charge in [-0.25, -0.2) is 0 Å². The van der Waals surface area contributed by atoms with Gasteiger partial charge in [-0.2, -0.15) is 0 Å². The van der Waals surface area contributed by atoms with E-state index >= 15 is 0 Å². The van der Waals surface area contributed by atoms with Crippen molar-refractivity contribution in [3.8, 4) is 0 Å². The molecule has 0 atom stereocenters. The van der Waals surface area contributed by atoms with E-state index < -0.39 is 0 Å². The zero-order chi connectivity index (χ0) is 6.24. The highest BCUT2D eigenvalue weighted by Gasteiger charge is 1.82. The largest absolute Gasteiger partial charge is 0.428 e. The van der Waals surface area contributed by atoms with Crippen LogP contribution in [-0.2, 0) is 9.16 Å². The summed E-state index contributed by atoms with van der Waals surface area (Å²) in [6.07, 6.45) is 1.06. The first-order chi connectivity index (χ1) is 3.91. The monoisotopic (exact) mass is 150 g/mol. The molecule has 0 aromatic carbocycles. The maximum Gasteiger partial charge on any atom is 0.139 e. The third-order valence-electron chi connectivity index (χ3n) is 0.841. The Labute approximate surface area is 55.7 Å². The highest BCUT2D eigenvalue weighted by Crippen LogP contribution is 1.79. The summed E-state index contributed by atoms with van der Waals surface area (Å²) >= 11 is 0. The molecule has 0 aromatic rings. The summed E-state index contributed by atoms with van der Waals surface area (Å²) in [7, 11) is 2.97. The molecule has 0 aliphatic heterocycles. The van der Waals surface area contributed by atoms with Crippen LogP contribution in [0, 0.1) is 0 Å². The summed E-state index contributed by atoms with van der Waals surface area (Å²) < 4.78 is 10.1. The van der Waals surface area contributed by atoms with Gasteiger partial charge >= 0.3 is 0 Å². The Morgan fingerprint density at radius 2 is 2.25 bits per heavy atom. The van der Waals surface area contributed by atoms with E-state index in [2.05, 4.69) is 0 Å². The van der Waals surface area contributed by atoms with Crippen LogP contribution in [0.25, 0.3) is 0 Å². The molecule has 0 saturated carbocycles. The van der Waals surface area contributed by atoms with Gasteiger partial charge in [0.25, 0.3) is 0 Å². The van der Waals surface area contributed by atoms with Gasteiger partial charge in [-0.3, -0.25) is 0 Å². The maximum absolute atomic E-state index is 5.26. The minimum atomic E-state index is -0.0306. The van der Waals surface area contributed by atoms with Crippen LogP contribution < -0.4 is 0 Å². The maximum atomic E-state index is 5.26. The summed E-state index contributed by atoms with van der Waals surface area (Å²) in [5.41, 5.74) is 0. The van der Waals surface area contributed by atoms with Crippen molar-refractivity contribution in [2.24, 2.45) is 0 Å². The lowest BCUT2D eigenvalue weighted by molar-refractivity contribution is 0.175. The number of methoxy groups -OCH3 is 1. The van der Waals surface area contributed by atoms with E-state index in [1.807, 2.05) is 0 Å². The third-order valence-corrected chi connectivity index (χ3v) is 2.76. The fourth-order valence-corrected chi connectivity index (χ4v) is 1.81. The summed E-state index contributed by atoms with van der Waals surface area (Å²) in [4.78, 5) is 0. The molecule has 0 unspecified atom stereocenters. The van der Waals surface area contributed by atoms with Crippen LogP contribution in [0.2, 0.25) is 0 Å². The average molecular weight is 150 g/mol. The van der Waals surface area contributed by atoms with Gasteiger partial charge in [-0.15, -0.1) is 0 Å². The second kappa shape index (κ2) is 7.35. The van der Waals surface area contributed by atoms with Crippen molar-refractivity contribution in [1.82, 2.24) is 0 Å². The van der Waals surface area contributed by atoms with E-state index in [9.17, 15) is 0 Å². The molecule has 0 heterocycles. The molecule has 50 valence electrons. The second-order valence-corrected chi connectivity index (χ2v) is 4.26. The van der Waals surface area contributed by atoms with E-state index in [1.54, 1.807) is 7.11 Å². The number of hydrogen-bond acceptors (Lipinski definition) is 2. The summed E-state index contributed by atoms with van der Waals surface area (Å²) in [5.74, 6) is 0. The predicted octanol–water partition coefficient (Wildman–Crippen LogP) is -1.60. The van der Waals surface area contributed by atoms with E-state index in [1.165, 1.54) is 9.76 Å². The molecule has 0 saturated heterocycles. The van der Waals surface area contributed by atoms with Crippen molar-refractivity contribution in [1.29, 1.82) is 0 Å². The first kappa shape index (κ1) is 8.35. The van der Waals surface area contributed by atoms with E-state index in [-0.39, 0.29) is 9.28 Å². The first-order valence-electron chi connectivity index (χ1n) is 2.98. The van der Waals surface area contributed by atoms with E-state index in [0.717, 1.165) is 19.6 Å². The SMILES string of the molecule is COCCCO[SiH2][SiH3]. The summed E-state index contributed by atoms with van der Waals surface area (Å²) in [6, 6.07) is 0. The lowest BCUT2D eigenvalue weighted by Gasteiger charge is -1.98. The molecular weight excluding hydrogens is 136 g/mol. The van der Waals surface area contributed by atoms with Crippen molar-refractivity contribution < 1.29 is 9.16 Å². The standard InChI is InChI=1S/C4H14O2Si2/c1-5-3-2-4-6-8-7/h2-4,8H2,1,7H3. The fraction of sp³-hybridized carbons (Fsp3) is 1.00. The van der Waals surface area contributed by atoms with Gasteiger partial charge in [0.1, 0.15) is 9.28 Å². The molecule has 0 amide bonds. The quantitative estimate of drug-likeness (QED) is 0.347. The minimum absolute atomic E-state index is 0.0306. The molecule has 0 rings (SSSR count). The number of hydrogen-bond donors (Lipinski definition) is 0. The molecule has 0 radical (unpaired) electrons. The van der Waals surface area contributed by atoms with Crippen LogP contribution in [-0.4, -0.2) is 39.4 Å². The van der Waals surface area contributed by atoms with Crippen LogP contribution in [0.4, 0.5) is 0 Å². The second-order valence-electron chi connectivity index (χ2n) is 1.54. The molecular formula is C4H14O2Si2. The summed E-state index contributed by atoms with van der Waals surface area (Å²) in [6.45, 7) is 1.76. The van der Waals surface area contributed by atoms with Crippen LogP contribution in [0.5, 0.6) is 0 Å². The van der Waals surface area contributed by atoms with Gasteiger partial charge in [0, 0.05) is 30.1 Å². The van der Waals surface area contributed by atoms with Gasteiger partial charge in [0.15, 0.2) is 0 Å². The van der Waals surface area contributed by atoms with E-state index in [0.29, 0.717) is 0 Å². The molecule has 2 nitrogen and oxygen atoms in total. The molecule has 0 spiro atoms. The first-order valence-corrected chi connectivity index (χ1v) is 9.22. The zero-order valence-corrected chi connectivity index (χ0v) is 9.06. The van der Waals surface area contributed by atoms with E-state index in [4.69, 9.17) is 9.16 Å². The highest BCUT2D eigenvalue weighted by molar-refractivity contribution is 6.85. The minimum Gasteiger partial charge on any atom is -0.428 e. The van der Waals surface area contributed by atoms with Crippen LogP contribution in [0.1, 0.15) is 6.42 Å². The van der Waals surface area contributed by atoms with Crippen molar-refractivity contribution in [3.63, 3.8) is 0 Å². The third kappa shape index (κ3) is 6.35. The van der Waals surface area contributed by atoms with Gasteiger partial charge in [0.2, 0.25) is 0 Å². The molecule has 0 aromatic heterocycles. The van der Waals surface area contributed by atoms with Crippen LogP contribution in [0.15, 0.2) is 0 Å². The average Bonchev–Trinajstić information content (AvgIpc) is 1.81. The Bertz CT molecular complexity index is 37.0. The molecule has 0 fully saturated rings. The van der Waals surface area contributed by atoms with Crippen LogP contribution in [0.3, 0.4) is 0 Å². The Morgan fingerprint density at radius 1 is 1.50 bits per heavy atom. The van der Waals surface area contributed by atoms with Crippen molar-refractivity contribution in [2.75, 3.05) is 20.3 Å². The van der Waals surface area contributed by atoms with Crippen molar-refractivity contribution in [2.45, 2.75) is 6.42 Å². The van der Waals surface area contributed by atoms with Crippen molar-refractivity contribution >= 4 is 19.0 Å². The fourth-order valence-electron chi connectivity index (χ4n) is 0.450. The Balaban J connectivity index is 2.53. The molecule has 0 aliphatic rings. The number of rotatable bonds is 5. The predicted molar refractivity (Wildman–Crippen MR) is 40.9 cm³/mol. The number of ether oxygens (including phenoxy) is 1. The van der Waals surface area contributed by atoms with Gasteiger partial charge in [-0.05, 0) is 6.42 Å². The van der Waals surface area contributed by atoms with Crippen molar-refractivity contribution in [3.05, 3.63) is 0 Å². The lowest BCUT2D eigenvalue weighted by Crippen LogP contribution is -2.02. The molecule has 4 heteroatoms. The summed E-state index contributed by atoms with van der Waals surface area (Å²) in [5, 5.41) is 0. The zero-order valence-electron chi connectivity index (χ0n) is 5.64. The Hall–Kier alpha value is 0.354. The van der Waals surface area contributed by atoms with Gasteiger partial charge < -0.3 is 9.16 Å². The molecule has 0 N–H and O–H groups in total. The topological polar surface area (TPSA) is 18.5 Å². The normalized spacial score (nSPS) is 11.6. The Morgan fingerprint density at radius 3 is 2.75 bits per heavy atom. The molecule has 0 bridgehead atoms. The lowest BCUT2D eigenvalue weighted by atomic mass is 10.5. The molecule has 8 heavy (non-hydrogen) atoms. The Kier molecular flexibility index (Phi) is 7.68. The highest BCUT2D eigenvalue weighted by atomic mass is 29.1.